The molecule has 1 heterocycles. The highest BCUT2D eigenvalue weighted by molar-refractivity contribution is 8.13. The Morgan fingerprint density at radius 1 is 1.32 bits per heavy atom. The summed E-state index contributed by atoms with van der Waals surface area (Å²) in [5.41, 5.74) is 2.69. The highest BCUT2D eigenvalue weighted by atomic mass is 32.2. The fourth-order valence-corrected chi connectivity index (χ4v) is 3.16. The molecule has 2 rings (SSSR count). The molecule has 1 saturated heterocycles. The van der Waals surface area contributed by atoms with Crippen LogP contribution in [0, 0.1) is 0 Å². The second-order valence-electron chi connectivity index (χ2n) is 5.40. The molecule has 1 aliphatic rings. The lowest BCUT2D eigenvalue weighted by molar-refractivity contribution is 0.570. The van der Waals surface area contributed by atoms with Gasteiger partial charge in [-0.3, -0.25) is 4.99 Å². The fourth-order valence-electron chi connectivity index (χ4n) is 2.15. The minimum absolute atomic E-state index is 0.598. The van der Waals surface area contributed by atoms with Crippen LogP contribution >= 0.6 is 11.8 Å². The van der Waals surface area contributed by atoms with Crippen molar-refractivity contribution in [2.75, 3.05) is 5.75 Å². The molecule has 1 atom stereocenters. The third kappa shape index (κ3) is 4.27. The van der Waals surface area contributed by atoms with Crippen LogP contribution in [0.2, 0.25) is 0 Å². The summed E-state index contributed by atoms with van der Waals surface area (Å²) in [5, 5.41) is 4.63. The molecule has 1 aromatic carbocycles. The summed E-state index contributed by atoms with van der Waals surface area (Å²) >= 11 is 1.85. The van der Waals surface area contributed by atoms with Crippen LogP contribution in [0.5, 0.6) is 0 Å². The molecule has 0 bridgehead atoms. The van der Waals surface area contributed by atoms with Crippen LogP contribution in [0.25, 0.3) is 0 Å². The average Bonchev–Trinajstić information content (AvgIpc) is 2.46. The Kier molecular flexibility index (Phi) is 5.32. The molecular weight excluding hydrogens is 252 g/mol. The fraction of sp³-hybridized carbons (Fsp3) is 0.562. The van der Waals surface area contributed by atoms with Gasteiger partial charge in [-0.2, -0.15) is 0 Å². The van der Waals surface area contributed by atoms with Gasteiger partial charge in [-0.1, -0.05) is 56.8 Å². The number of nitrogens with one attached hydrogen (secondary N) is 1. The molecule has 0 aromatic heterocycles. The van der Waals surface area contributed by atoms with Crippen molar-refractivity contribution >= 4 is 16.9 Å². The number of benzene rings is 1. The highest BCUT2D eigenvalue weighted by Crippen LogP contribution is 2.18. The molecule has 1 fully saturated rings. The van der Waals surface area contributed by atoms with Crippen LogP contribution in [0.15, 0.2) is 29.3 Å². The first-order chi connectivity index (χ1) is 9.19. The summed E-state index contributed by atoms with van der Waals surface area (Å²) in [6.45, 7) is 7.46. The zero-order valence-corrected chi connectivity index (χ0v) is 13.0. The predicted octanol–water partition coefficient (Wildman–Crippen LogP) is 4.17. The van der Waals surface area contributed by atoms with Crippen molar-refractivity contribution in [1.82, 2.24) is 5.32 Å². The van der Waals surface area contributed by atoms with E-state index < -0.39 is 0 Å². The smallest absolute Gasteiger partial charge is 0.157 e. The van der Waals surface area contributed by atoms with E-state index in [0.29, 0.717) is 12.0 Å². The molecule has 0 aliphatic carbocycles. The van der Waals surface area contributed by atoms with E-state index >= 15 is 0 Å². The van der Waals surface area contributed by atoms with Gasteiger partial charge in [-0.25, -0.2) is 0 Å². The van der Waals surface area contributed by atoms with Gasteiger partial charge in [-0.05, 0) is 29.9 Å². The molecular formula is C16H24N2S. The van der Waals surface area contributed by atoms with Crippen molar-refractivity contribution < 1.29 is 0 Å². The van der Waals surface area contributed by atoms with Gasteiger partial charge >= 0.3 is 0 Å². The molecule has 1 unspecified atom stereocenters. The van der Waals surface area contributed by atoms with Crippen LogP contribution in [0.1, 0.15) is 50.7 Å². The first-order valence-electron chi connectivity index (χ1n) is 7.21. The van der Waals surface area contributed by atoms with Gasteiger partial charge < -0.3 is 5.32 Å². The van der Waals surface area contributed by atoms with Gasteiger partial charge in [0.1, 0.15) is 0 Å². The Bertz CT molecular complexity index is 423. The maximum absolute atomic E-state index is 4.69. The monoisotopic (exact) mass is 276 g/mol. The van der Waals surface area contributed by atoms with E-state index in [2.05, 4.69) is 50.4 Å². The Morgan fingerprint density at radius 3 is 2.68 bits per heavy atom. The van der Waals surface area contributed by atoms with E-state index in [1.54, 1.807) is 0 Å². The molecule has 1 N–H and O–H groups in total. The Balaban J connectivity index is 1.93. The van der Waals surface area contributed by atoms with Gasteiger partial charge in [0.2, 0.25) is 0 Å². The number of hydrogen-bond acceptors (Lipinski definition) is 2. The van der Waals surface area contributed by atoms with Crippen molar-refractivity contribution in [2.24, 2.45) is 4.99 Å². The third-order valence-corrected chi connectivity index (χ3v) is 4.54. The number of aliphatic imine (C=N–C) groups is 1. The molecule has 19 heavy (non-hydrogen) atoms. The summed E-state index contributed by atoms with van der Waals surface area (Å²) in [7, 11) is 0. The molecule has 0 spiro atoms. The van der Waals surface area contributed by atoms with Gasteiger partial charge in [0.25, 0.3) is 0 Å². The zero-order valence-electron chi connectivity index (χ0n) is 12.1. The molecule has 0 radical (unpaired) electrons. The van der Waals surface area contributed by atoms with Crippen LogP contribution in [0.3, 0.4) is 0 Å². The number of nitrogens with zero attached hydrogens (tertiary/aromatic N) is 1. The summed E-state index contributed by atoms with van der Waals surface area (Å²) in [4.78, 5) is 4.69. The standard InChI is InChI=1S/C16H24N2S/c1-4-15-9-10-19-16(18-15)17-11-13-5-7-14(8-6-13)12(2)3/h5-8,12,15H,4,9-11H2,1-3H3,(H,17,18). The molecule has 1 aromatic rings. The van der Waals surface area contributed by atoms with Crippen LogP contribution < -0.4 is 5.32 Å². The van der Waals surface area contributed by atoms with E-state index in [9.17, 15) is 0 Å². The van der Waals surface area contributed by atoms with Gasteiger partial charge in [0, 0.05) is 11.8 Å². The highest BCUT2D eigenvalue weighted by Gasteiger charge is 2.15. The van der Waals surface area contributed by atoms with E-state index in [-0.39, 0.29) is 0 Å². The molecule has 2 nitrogen and oxygen atoms in total. The van der Waals surface area contributed by atoms with E-state index in [0.717, 1.165) is 11.7 Å². The lowest BCUT2D eigenvalue weighted by atomic mass is 10.0. The summed E-state index contributed by atoms with van der Waals surface area (Å²) in [6, 6.07) is 9.45. The van der Waals surface area contributed by atoms with E-state index in [1.807, 2.05) is 11.8 Å². The largest absolute Gasteiger partial charge is 0.362 e. The second kappa shape index (κ2) is 6.99. The minimum atomic E-state index is 0.598. The average molecular weight is 276 g/mol. The van der Waals surface area contributed by atoms with Crippen molar-refractivity contribution in [2.45, 2.75) is 52.1 Å². The van der Waals surface area contributed by atoms with Crippen molar-refractivity contribution in [3.63, 3.8) is 0 Å². The van der Waals surface area contributed by atoms with E-state index in [1.165, 1.54) is 29.7 Å². The van der Waals surface area contributed by atoms with Gasteiger partial charge in [0.05, 0.1) is 6.54 Å². The summed E-state index contributed by atoms with van der Waals surface area (Å²) < 4.78 is 0. The molecule has 3 heteroatoms. The topological polar surface area (TPSA) is 24.4 Å². The maximum Gasteiger partial charge on any atom is 0.157 e. The number of thioether (sulfide) groups is 1. The normalized spacial score (nSPS) is 21.7. The van der Waals surface area contributed by atoms with Crippen molar-refractivity contribution in [3.05, 3.63) is 35.4 Å². The second-order valence-corrected chi connectivity index (χ2v) is 6.49. The Labute approximate surface area is 121 Å². The van der Waals surface area contributed by atoms with Crippen LogP contribution in [-0.4, -0.2) is 17.0 Å². The first-order valence-corrected chi connectivity index (χ1v) is 8.20. The zero-order chi connectivity index (χ0) is 13.7. The Hall–Kier alpha value is -0.960. The van der Waals surface area contributed by atoms with Crippen molar-refractivity contribution in [3.8, 4) is 0 Å². The van der Waals surface area contributed by atoms with Crippen LogP contribution in [-0.2, 0) is 6.54 Å². The quantitative estimate of drug-likeness (QED) is 0.892. The molecule has 0 saturated carbocycles. The predicted molar refractivity (Wildman–Crippen MR) is 86.0 cm³/mol. The molecule has 1 aliphatic heterocycles. The summed E-state index contributed by atoms with van der Waals surface area (Å²) in [5.74, 6) is 1.79. The number of rotatable bonds is 4. The third-order valence-electron chi connectivity index (χ3n) is 3.58. The SMILES string of the molecule is CCC1CCSC(=NCc2ccc(C(C)C)cc2)N1. The first kappa shape index (κ1) is 14.4. The van der Waals surface area contributed by atoms with Gasteiger partial charge in [-0.15, -0.1) is 0 Å². The molecule has 0 amide bonds. The number of amidine groups is 1. The summed E-state index contributed by atoms with van der Waals surface area (Å²) in [6.07, 6.45) is 2.44. The lowest BCUT2D eigenvalue weighted by Gasteiger charge is -2.24. The van der Waals surface area contributed by atoms with Gasteiger partial charge in [0.15, 0.2) is 5.17 Å². The van der Waals surface area contributed by atoms with E-state index in [4.69, 9.17) is 4.99 Å². The van der Waals surface area contributed by atoms with Crippen LogP contribution in [0.4, 0.5) is 0 Å². The molecule has 104 valence electrons. The van der Waals surface area contributed by atoms with Crippen molar-refractivity contribution in [1.29, 1.82) is 0 Å². The minimum Gasteiger partial charge on any atom is -0.362 e. The maximum atomic E-state index is 4.69. The lowest BCUT2D eigenvalue weighted by Crippen LogP contribution is -2.37. The number of hydrogen-bond donors (Lipinski definition) is 1. The Morgan fingerprint density at radius 2 is 2.05 bits per heavy atom.